The molecule has 0 bridgehead atoms. The summed E-state index contributed by atoms with van der Waals surface area (Å²) in [5.41, 5.74) is 0.380. The second-order valence-electron chi connectivity index (χ2n) is 4.89. The van der Waals surface area contributed by atoms with Gasteiger partial charge in [-0.1, -0.05) is 13.0 Å². The van der Waals surface area contributed by atoms with Crippen molar-refractivity contribution in [2.24, 2.45) is 0 Å². The topological polar surface area (TPSA) is 47.3 Å². The van der Waals surface area contributed by atoms with Crippen molar-refractivity contribution in [1.29, 1.82) is 5.26 Å². The number of rotatable bonds is 3. The van der Waals surface area contributed by atoms with Gasteiger partial charge in [0.15, 0.2) is 0 Å². The Kier molecular flexibility index (Phi) is 4.70. The molecule has 1 aromatic carbocycles. The molecule has 1 saturated heterocycles. The van der Waals surface area contributed by atoms with Gasteiger partial charge in [0.1, 0.15) is 5.82 Å². The lowest BCUT2D eigenvalue weighted by Crippen LogP contribution is -2.51. The lowest BCUT2D eigenvalue weighted by molar-refractivity contribution is 0.0604. The molecular formula is C15H18FN3O. The number of nitriles is 1. The zero-order valence-electron chi connectivity index (χ0n) is 11.6. The second kappa shape index (κ2) is 6.49. The van der Waals surface area contributed by atoms with Crippen molar-refractivity contribution in [3.63, 3.8) is 0 Å². The summed E-state index contributed by atoms with van der Waals surface area (Å²) >= 11 is 0. The van der Waals surface area contributed by atoms with Crippen LogP contribution in [0.3, 0.4) is 0 Å². The van der Waals surface area contributed by atoms with Crippen molar-refractivity contribution >= 4 is 5.91 Å². The molecule has 1 atom stereocenters. The molecular weight excluding hydrogens is 257 g/mol. The van der Waals surface area contributed by atoms with Gasteiger partial charge in [-0.25, -0.2) is 4.39 Å². The van der Waals surface area contributed by atoms with Crippen molar-refractivity contribution in [1.82, 2.24) is 9.80 Å². The summed E-state index contributed by atoms with van der Waals surface area (Å²) < 4.78 is 13.1. The quantitative estimate of drug-likeness (QED) is 0.846. The summed E-state index contributed by atoms with van der Waals surface area (Å²) in [6.07, 6.45) is 0.786. The minimum absolute atomic E-state index is 0.0820. The van der Waals surface area contributed by atoms with Crippen molar-refractivity contribution < 1.29 is 9.18 Å². The minimum Gasteiger partial charge on any atom is -0.336 e. The van der Waals surface area contributed by atoms with Crippen LogP contribution in [0.4, 0.5) is 4.39 Å². The van der Waals surface area contributed by atoms with Crippen LogP contribution in [0.1, 0.15) is 23.7 Å². The lowest BCUT2D eigenvalue weighted by atomic mass is 10.1. The van der Waals surface area contributed by atoms with Gasteiger partial charge in [0, 0.05) is 31.7 Å². The number of carbonyl (C=O) groups is 1. The molecule has 0 saturated carbocycles. The number of amides is 1. The number of piperazine rings is 1. The third-order valence-electron chi connectivity index (χ3n) is 3.65. The van der Waals surface area contributed by atoms with Crippen LogP contribution in [0.15, 0.2) is 24.3 Å². The Hall–Kier alpha value is -1.93. The van der Waals surface area contributed by atoms with Crippen molar-refractivity contribution in [3.05, 3.63) is 35.6 Å². The van der Waals surface area contributed by atoms with Gasteiger partial charge in [-0.2, -0.15) is 5.26 Å². The van der Waals surface area contributed by atoms with Gasteiger partial charge in [0.25, 0.3) is 5.91 Å². The maximum absolute atomic E-state index is 13.1. The van der Waals surface area contributed by atoms with Crippen LogP contribution in [0.25, 0.3) is 0 Å². The van der Waals surface area contributed by atoms with Crippen molar-refractivity contribution in [2.75, 3.05) is 26.2 Å². The number of hydrogen-bond acceptors (Lipinski definition) is 3. The summed E-state index contributed by atoms with van der Waals surface area (Å²) in [6, 6.07) is 7.96. The fourth-order valence-corrected chi connectivity index (χ4v) is 2.47. The predicted octanol–water partition coefficient (Wildman–Crippen LogP) is 1.89. The molecule has 0 N–H and O–H groups in total. The monoisotopic (exact) mass is 275 g/mol. The van der Waals surface area contributed by atoms with E-state index in [0.717, 1.165) is 6.42 Å². The highest BCUT2D eigenvalue weighted by Crippen LogP contribution is 2.12. The van der Waals surface area contributed by atoms with Gasteiger partial charge in [-0.3, -0.25) is 9.69 Å². The first-order valence-electron chi connectivity index (χ1n) is 6.84. The highest BCUT2D eigenvalue weighted by atomic mass is 19.1. The number of hydrogen-bond donors (Lipinski definition) is 0. The standard InChI is InChI=1S/C15H18FN3O/c1-2-14(11-17)18-6-8-19(9-7-18)15(20)12-4-3-5-13(16)10-12/h3-5,10,14H,2,6-9H2,1H3. The third-order valence-corrected chi connectivity index (χ3v) is 3.65. The first-order chi connectivity index (χ1) is 9.65. The minimum atomic E-state index is -0.398. The van der Waals surface area contributed by atoms with Gasteiger partial charge in [0.05, 0.1) is 12.1 Å². The van der Waals surface area contributed by atoms with E-state index in [1.165, 1.54) is 12.1 Å². The van der Waals surface area contributed by atoms with Crippen LogP contribution >= 0.6 is 0 Å². The van der Waals surface area contributed by atoms with Crippen LogP contribution in [-0.2, 0) is 0 Å². The molecule has 2 rings (SSSR count). The predicted molar refractivity (Wildman–Crippen MR) is 73.6 cm³/mol. The summed E-state index contributed by atoms with van der Waals surface area (Å²) in [5, 5.41) is 9.05. The molecule has 0 radical (unpaired) electrons. The van der Waals surface area contributed by atoms with Gasteiger partial charge >= 0.3 is 0 Å². The molecule has 1 unspecified atom stereocenters. The van der Waals surface area contributed by atoms with Gasteiger partial charge in [0.2, 0.25) is 0 Å². The smallest absolute Gasteiger partial charge is 0.254 e. The second-order valence-corrected chi connectivity index (χ2v) is 4.89. The van der Waals surface area contributed by atoms with Crippen LogP contribution < -0.4 is 0 Å². The molecule has 0 spiro atoms. The Bertz CT molecular complexity index is 518. The number of benzene rings is 1. The van der Waals surface area contributed by atoms with Gasteiger partial charge < -0.3 is 4.90 Å². The molecule has 5 heteroatoms. The Morgan fingerprint density at radius 1 is 1.40 bits per heavy atom. The van der Waals surface area contributed by atoms with Crippen LogP contribution in [0.2, 0.25) is 0 Å². The van der Waals surface area contributed by atoms with Gasteiger partial charge in [-0.05, 0) is 24.6 Å². The van der Waals surface area contributed by atoms with E-state index in [2.05, 4.69) is 11.0 Å². The zero-order chi connectivity index (χ0) is 14.5. The van der Waals surface area contributed by atoms with Crippen molar-refractivity contribution in [3.8, 4) is 6.07 Å². The molecule has 1 heterocycles. The van der Waals surface area contributed by atoms with E-state index in [1.807, 2.05) is 6.92 Å². The number of nitrogens with zero attached hydrogens (tertiary/aromatic N) is 3. The van der Waals surface area contributed by atoms with Crippen molar-refractivity contribution in [2.45, 2.75) is 19.4 Å². The molecule has 1 amide bonds. The third kappa shape index (κ3) is 3.14. The first kappa shape index (κ1) is 14.5. The van der Waals surface area contributed by atoms with Crippen LogP contribution in [0, 0.1) is 17.1 Å². The summed E-state index contributed by atoms with van der Waals surface area (Å²) in [6.45, 7) is 4.51. The Morgan fingerprint density at radius 3 is 2.65 bits per heavy atom. The SMILES string of the molecule is CCC(C#N)N1CCN(C(=O)c2cccc(F)c2)CC1. The Labute approximate surface area is 118 Å². The lowest BCUT2D eigenvalue weighted by Gasteiger charge is -2.36. The average molecular weight is 275 g/mol. The van der Waals surface area contributed by atoms with Gasteiger partial charge in [-0.15, -0.1) is 0 Å². The molecule has 1 aromatic rings. The highest BCUT2D eigenvalue weighted by Gasteiger charge is 2.25. The summed E-state index contributed by atoms with van der Waals surface area (Å²) in [4.78, 5) is 16.1. The van der Waals surface area contributed by atoms with E-state index in [4.69, 9.17) is 5.26 Å². The molecule has 0 aromatic heterocycles. The van der Waals surface area contributed by atoms with E-state index >= 15 is 0 Å². The van der Waals surface area contributed by atoms with E-state index in [9.17, 15) is 9.18 Å². The Morgan fingerprint density at radius 2 is 2.10 bits per heavy atom. The van der Waals surface area contributed by atoms with Crippen LogP contribution in [-0.4, -0.2) is 47.9 Å². The maximum atomic E-state index is 13.1. The molecule has 0 aliphatic carbocycles. The molecule has 20 heavy (non-hydrogen) atoms. The number of carbonyl (C=O) groups excluding carboxylic acids is 1. The zero-order valence-corrected chi connectivity index (χ0v) is 11.6. The fraction of sp³-hybridized carbons (Fsp3) is 0.467. The van der Waals surface area contributed by atoms with E-state index in [1.54, 1.807) is 17.0 Å². The van der Waals surface area contributed by atoms with Crippen LogP contribution in [0.5, 0.6) is 0 Å². The first-order valence-corrected chi connectivity index (χ1v) is 6.84. The summed E-state index contributed by atoms with van der Waals surface area (Å²) in [5.74, 6) is -0.542. The molecule has 106 valence electrons. The number of halogens is 1. The van der Waals surface area contributed by atoms with E-state index in [-0.39, 0.29) is 11.9 Å². The fourth-order valence-electron chi connectivity index (χ4n) is 2.47. The molecule has 4 nitrogen and oxygen atoms in total. The molecule has 1 aliphatic heterocycles. The highest BCUT2D eigenvalue weighted by molar-refractivity contribution is 5.94. The normalized spacial score (nSPS) is 17.6. The maximum Gasteiger partial charge on any atom is 0.254 e. The summed E-state index contributed by atoms with van der Waals surface area (Å²) in [7, 11) is 0. The Balaban J connectivity index is 1.97. The largest absolute Gasteiger partial charge is 0.336 e. The van der Waals surface area contributed by atoms with E-state index in [0.29, 0.717) is 31.7 Å². The van der Waals surface area contributed by atoms with E-state index < -0.39 is 5.82 Å². The average Bonchev–Trinajstić information content (AvgIpc) is 2.48. The molecule has 1 aliphatic rings. The molecule has 1 fully saturated rings.